The first kappa shape index (κ1) is 5.35. The van der Waals surface area contributed by atoms with Gasteiger partial charge in [0, 0.05) is 6.21 Å². The van der Waals surface area contributed by atoms with E-state index >= 15 is 0 Å². The van der Waals surface area contributed by atoms with Crippen LogP contribution in [-0.2, 0) is 4.74 Å². The summed E-state index contributed by atoms with van der Waals surface area (Å²) in [6.07, 6.45) is 3.65. The molecule has 1 aliphatic heterocycles. The molecule has 1 aliphatic rings. The maximum atomic E-state index is 4.96. The predicted octanol–water partition coefficient (Wildman–Crippen LogP) is 0.990. The topological polar surface area (TPSA) is 21.6 Å². The highest BCUT2D eigenvalue weighted by Crippen LogP contribution is 2.09. The Morgan fingerprint density at radius 3 is 2.75 bits per heavy atom. The zero-order chi connectivity index (χ0) is 5.98. The van der Waals surface area contributed by atoms with E-state index in [-0.39, 0.29) is 6.04 Å². The molecule has 8 heavy (non-hydrogen) atoms. The molecule has 0 aromatic rings. The number of allylic oxidation sites excluding steroid dienone is 1. The first-order chi connectivity index (χ1) is 3.84. The number of ether oxygens (including phenoxy) is 1. The monoisotopic (exact) mass is 111 g/mol. The lowest BCUT2D eigenvalue weighted by Crippen LogP contribution is -1.99. The van der Waals surface area contributed by atoms with E-state index in [9.17, 15) is 0 Å². The number of rotatable bonds is 1. The fraction of sp³-hybridized carbons (Fsp3) is 0.500. The van der Waals surface area contributed by atoms with Crippen LogP contribution >= 0.6 is 0 Å². The number of methoxy groups -OCH3 is 1. The largest absolute Gasteiger partial charge is 0.499 e. The quantitative estimate of drug-likeness (QED) is 0.494. The Bertz CT molecular complexity index is 137. The minimum absolute atomic E-state index is 0.236. The van der Waals surface area contributed by atoms with Crippen molar-refractivity contribution in [2.24, 2.45) is 4.99 Å². The van der Waals surface area contributed by atoms with Gasteiger partial charge in [-0.25, -0.2) is 0 Å². The van der Waals surface area contributed by atoms with Crippen molar-refractivity contribution in [3.05, 3.63) is 11.8 Å². The lowest BCUT2D eigenvalue weighted by Gasteiger charge is -2.03. The molecule has 0 aromatic carbocycles. The smallest absolute Gasteiger partial charge is 0.121 e. The molecular formula is C6H9NO. The van der Waals surface area contributed by atoms with Crippen LogP contribution in [0.2, 0.25) is 0 Å². The average Bonchev–Trinajstić information content (AvgIpc) is 2.14. The van der Waals surface area contributed by atoms with Crippen molar-refractivity contribution in [1.82, 2.24) is 0 Å². The molecule has 0 aromatic heterocycles. The zero-order valence-electron chi connectivity index (χ0n) is 5.09. The third kappa shape index (κ3) is 0.735. The zero-order valence-corrected chi connectivity index (χ0v) is 5.09. The molecule has 0 saturated heterocycles. The van der Waals surface area contributed by atoms with E-state index in [4.69, 9.17) is 4.74 Å². The molecular weight excluding hydrogens is 102 g/mol. The minimum atomic E-state index is 0.236. The third-order valence-electron chi connectivity index (χ3n) is 1.20. The summed E-state index contributed by atoms with van der Waals surface area (Å²) in [6.45, 7) is 2.00. The fourth-order valence-corrected chi connectivity index (χ4v) is 0.697. The Kier molecular flexibility index (Phi) is 1.33. The standard InChI is InChI=1S/C6H9NO/c1-5-6(8-2)3-4-7-5/h3-5H,1-2H3. The van der Waals surface area contributed by atoms with Gasteiger partial charge in [0.2, 0.25) is 0 Å². The second-order valence-electron chi connectivity index (χ2n) is 1.75. The van der Waals surface area contributed by atoms with Crippen LogP contribution in [0.4, 0.5) is 0 Å². The van der Waals surface area contributed by atoms with E-state index in [2.05, 4.69) is 4.99 Å². The molecule has 1 heterocycles. The molecule has 0 aliphatic carbocycles. The number of hydrogen-bond donors (Lipinski definition) is 0. The molecule has 2 heteroatoms. The van der Waals surface area contributed by atoms with Crippen molar-refractivity contribution >= 4 is 6.21 Å². The van der Waals surface area contributed by atoms with Gasteiger partial charge in [-0.15, -0.1) is 0 Å². The van der Waals surface area contributed by atoms with Crippen LogP contribution in [0.3, 0.4) is 0 Å². The maximum Gasteiger partial charge on any atom is 0.121 e. The highest BCUT2D eigenvalue weighted by molar-refractivity contribution is 5.75. The molecule has 0 N–H and O–H groups in total. The first-order valence-corrected chi connectivity index (χ1v) is 2.62. The molecule has 0 saturated carbocycles. The normalized spacial score (nSPS) is 25.8. The molecule has 1 atom stereocenters. The van der Waals surface area contributed by atoms with Crippen molar-refractivity contribution in [2.75, 3.05) is 7.11 Å². The summed E-state index contributed by atoms with van der Waals surface area (Å²) in [4.78, 5) is 4.05. The van der Waals surface area contributed by atoms with Gasteiger partial charge in [-0.05, 0) is 13.0 Å². The van der Waals surface area contributed by atoms with Gasteiger partial charge >= 0.3 is 0 Å². The van der Waals surface area contributed by atoms with E-state index in [1.54, 1.807) is 13.3 Å². The summed E-state index contributed by atoms with van der Waals surface area (Å²) in [5.41, 5.74) is 0. The van der Waals surface area contributed by atoms with Crippen LogP contribution in [0.1, 0.15) is 6.92 Å². The van der Waals surface area contributed by atoms with Crippen molar-refractivity contribution in [1.29, 1.82) is 0 Å². The third-order valence-corrected chi connectivity index (χ3v) is 1.20. The van der Waals surface area contributed by atoms with E-state index < -0.39 is 0 Å². The molecule has 44 valence electrons. The van der Waals surface area contributed by atoms with Gasteiger partial charge in [0.25, 0.3) is 0 Å². The van der Waals surface area contributed by atoms with Crippen LogP contribution in [0, 0.1) is 0 Å². The Hall–Kier alpha value is -0.790. The minimum Gasteiger partial charge on any atom is -0.499 e. The lowest BCUT2D eigenvalue weighted by atomic mass is 10.3. The van der Waals surface area contributed by atoms with E-state index in [0.717, 1.165) is 5.76 Å². The van der Waals surface area contributed by atoms with Crippen molar-refractivity contribution < 1.29 is 4.74 Å². The summed E-state index contributed by atoms with van der Waals surface area (Å²) in [6, 6.07) is 0.236. The molecule has 2 nitrogen and oxygen atoms in total. The average molecular weight is 111 g/mol. The Balaban J connectivity index is 2.59. The number of nitrogens with zero attached hydrogens (tertiary/aromatic N) is 1. The summed E-state index contributed by atoms with van der Waals surface area (Å²) >= 11 is 0. The van der Waals surface area contributed by atoms with Crippen molar-refractivity contribution in [3.8, 4) is 0 Å². The molecule has 0 amide bonds. The van der Waals surface area contributed by atoms with E-state index in [0.29, 0.717) is 0 Å². The molecule has 0 fully saturated rings. The molecule has 1 rings (SSSR count). The predicted molar refractivity (Wildman–Crippen MR) is 33.0 cm³/mol. The highest BCUT2D eigenvalue weighted by Gasteiger charge is 2.08. The second kappa shape index (κ2) is 1.99. The second-order valence-corrected chi connectivity index (χ2v) is 1.75. The highest BCUT2D eigenvalue weighted by atomic mass is 16.5. The van der Waals surface area contributed by atoms with Gasteiger partial charge in [0.1, 0.15) is 11.8 Å². The Morgan fingerprint density at radius 1 is 1.75 bits per heavy atom. The summed E-state index contributed by atoms with van der Waals surface area (Å²) in [5.74, 6) is 0.949. The Labute approximate surface area is 48.9 Å². The summed E-state index contributed by atoms with van der Waals surface area (Å²) in [5, 5.41) is 0. The van der Waals surface area contributed by atoms with Crippen LogP contribution in [0.5, 0.6) is 0 Å². The van der Waals surface area contributed by atoms with Gasteiger partial charge in [0.05, 0.1) is 7.11 Å². The summed E-state index contributed by atoms with van der Waals surface area (Å²) < 4.78 is 4.96. The van der Waals surface area contributed by atoms with Crippen LogP contribution in [0.15, 0.2) is 16.8 Å². The van der Waals surface area contributed by atoms with E-state index in [1.165, 1.54) is 0 Å². The number of aliphatic imine (C=N–C) groups is 1. The van der Waals surface area contributed by atoms with Crippen LogP contribution in [-0.4, -0.2) is 19.4 Å². The SMILES string of the molecule is COC1=CC=NC1C. The Morgan fingerprint density at radius 2 is 2.50 bits per heavy atom. The van der Waals surface area contributed by atoms with E-state index in [1.807, 2.05) is 13.0 Å². The lowest BCUT2D eigenvalue weighted by molar-refractivity contribution is 0.273. The fourth-order valence-electron chi connectivity index (χ4n) is 0.697. The van der Waals surface area contributed by atoms with Gasteiger partial charge < -0.3 is 4.74 Å². The molecule has 0 radical (unpaired) electrons. The molecule has 0 bridgehead atoms. The van der Waals surface area contributed by atoms with Crippen molar-refractivity contribution in [2.45, 2.75) is 13.0 Å². The van der Waals surface area contributed by atoms with Crippen LogP contribution in [0.25, 0.3) is 0 Å². The first-order valence-electron chi connectivity index (χ1n) is 2.62. The summed E-state index contributed by atoms with van der Waals surface area (Å²) in [7, 11) is 1.66. The molecule has 1 unspecified atom stereocenters. The van der Waals surface area contributed by atoms with Gasteiger partial charge in [-0.3, -0.25) is 4.99 Å². The van der Waals surface area contributed by atoms with Gasteiger partial charge in [-0.1, -0.05) is 0 Å². The maximum absolute atomic E-state index is 4.96. The number of hydrogen-bond acceptors (Lipinski definition) is 2. The van der Waals surface area contributed by atoms with Gasteiger partial charge in [-0.2, -0.15) is 0 Å². The van der Waals surface area contributed by atoms with Crippen LogP contribution < -0.4 is 0 Å². The molecule has 0 spiro atoms. The van der Waals surface area contributed by atoms with Crippen molar-refractivity contribution in [3.63, 3.8) is 0 Å². The van der Waals surface area contributed by atoms with Gasteiger partial charge in [0.15, 0.2) is 0 Å².